The van der Waals surface area contributed by atoms with Crippen molar-refractivity contribution in [2.75, 3.05) is 0 Å². The van der Waals surface area contributed by atoms with Crippen LogP contribution in [-0.2, 0) is 9.53 Å². The Hall–Kier alpha value is -1.90. The van der Waals surface area contributed by atoms with Gasteiger partial charge in [-0.25, -0.2) is 4.79 Å². The number of allylic oxidation sites excluding steroid dienone is 2. The second-order valence-corrected chi connectivity index (χ2v) is 4.40. The van der Waals surface area contributed by atoms with Crippen LogP contribution in [0.4, 0.5) is 0 Å². The molecule has 0 fully saturated rings. The molecule has 0 radical (unpaired) electrons. The normalized spacial score (nSPS) is 18.1. The van der Waals surface area contributed by atoms with Crippen molar-refractivity contribution in [1.82, 2.24) is 4.98 Å². The standard InChI is InChI=1S/C14H15NO2/c1-9(2)8-12-10(3)13(14(16)17-12)11-4-6-15-7-5-11/h4-9H,1-3H3/b12-8-. The SMILES string of the molecule is CC1=C(c2ccncc2)C(=O)O/C1=C\C(C)C. The zero-order chi connectivity index (χ0) is 12.4. The number of aromatic nitrogens is 1. The molecular formula is C14H15NO2. The number of hydrogen-bond acceptors (Lipinski definition) is 3. The lowest BCUT2D eigenvalue weighted by molar-refractivity contribution is -0.131. The van der Waals surface area contributed by atoms with Gasteiger partial charge in [0.05, 0.1) is 5.57 Å². The molecule has 1 aliphatic rings. The first-order valence-electron chi connectivity index (χ1n) is 5.65. The number of carbonyl (C=O) groups excluding carboxylic acids is 1. The average molecular weight is 229 g/mol. The zero-order valence-electron chi connectivity index (χ0n) is 10.2. The van der Waals surface area contributed by atoms with E-state index in [1.54, 1.807) is 12.4 Å². The highest BCUT2D eigenvalue weighted by molar-refractivity contribution is 6.20. The van der Waals surface area contributed by atoms with Crippen molar-refractivity contribution in [2.45, 2.75) is 20.8 Å². The van der Waals surface area contributed by atoms with Gasteiger partial charge in [0, 0.05) is 18.0 Å². The fourth-order valence-corrected chi connectivity index (χ4v) is 1.82. The minimum atomic E-state index is -0.277. The van der Waals surface area contributed by atoms with Crippen LogP contribution in [0.1, 0.15) is 26.3 Å². The highest BCUT2D eigenvalue weighted by atomic mass is 16.5. The number of ether oxygens (including phenoxy) is 1. The fourth-order valence-electron chi connectivity index (χ4n) is 1.82. The van der Waals surface area contributed by atoms with Crippen molar-refractivity contribution in [3.63, 3.8) is 0 Å². The summed E-state index contributed by atoms with van der Waals surface area (Å²) in [4.78, 5) is 15.8. The minimum absolute atomic E-state index is 0.277. The number of esters is 1. The molecule has 2 rings (SSSR count). The van der Waals surface area contributed by atoms with E-state index >= 15 is 0 Å². The van der Waals surface area contributed by atoms with Gasteiger partial charge in [-0.05, 0) is 36.6 Å². The second kappa shape index (κ2) is 4.53. The topological polar surface area (TPSA) is 39.2 Å². The number of pyridine rings is 1. The highest BCUT2D eigenvalue weighted by Crippen LogP contribution is 2.33. The van der Waals surface area contributed by atoms with Crippen LogP contribution in [0.2, 0.25) is 0 Å². The van der Waals surface area contributed by atoms with E-state index in [2.05, 4.69) is 18.8 Å². The van der Waals surface area contributed by atoms with Crippen LogP contribution in [0.15, 0.2) is 41.9 Å². The number of carbonyl (C=O) groups is 1. The molecule has 0 saturated carbocycles. The Balaban J connectivity index is 2.46. The lowest BCUT2D eigenvalue weighted by atomic mass is 10.0. The molecule has 0 aromatic carbocycles. The van der Waals surface area contributed by atoms with Crippen molar-refractivity contribution in [3.05, 3.63) is 47.5 Å². The van der Waals surface area contributed by atoms with Crippen LogP contribution < -0.4 is 0 Å². The molecule has 17 heavy (non-hydrogen) atoms. The largest absolute Gasteiger partial charge is 0.423 e. The summed E-state index contributed by atoms with van der Waals surface area (Å²) in [7, 11) is 0. The van der Waals surface area contributed by atoms with Gasteiger partial charge in [-0.3, -0.25) is 4.98 Å². The molecule has 2 heterocycles. The van der Waals surface area contributed by atoms with Crippen molar-refractivity contribution >= 4 is 11.5 Å². The van der Waals surface area contributed by atoms with Crippen LogP contribution in [-0.4, -0.2) is 11.0 Å². The van der Waals surface area contributed by atoms with Gasteiger partial charge in [0.1, 0.15) is 5.76 Å². The van der Waals surface area contributed by atoms with Gasteiger partial charge in [-0.1, -0.05) is 13.8 Å². The van der Waals surface area contributed by atoms with Gasteiger partial charge >= 0.3 is 5.97 Å². The Morgan fingerprint density at radius 3 is 2.53 bits per heavy atom. The molecule has 0 saturated heterocycles. The molecule has 3 nitrogen and oxygen atoms in total. The van der Waals surface area contributed by atoms with Gasteiger partial charge in [0.25, 0.3) is 0 Å². The van der Waals surface area contributed by atoms with Crippen molar-refractivity contribution in [2.24, 2.45) is 5.92 Å². The van der Waals surface area contributed by atoms with Crippen LogP contribution in [0.25, 0.3) is 5.57 Å². The van der Waals surface area contributed by atoms with E-state index < -0.39 is 0 Å². The molecule has 0 atom stereocenters. The maximum Gasteiger partial charge on any atom is 0.344 e. The van der Waals surface area contributed by atoms with E-state index in [1.165, 1.54) is 0 Å². The Labute approximate surface area is 101 Å². The molecule has 0 bridgehead atoms. The van der Waals surface area contributed by atoms with Crippen LogP contribution in [0.3, 0.4) is 0 Å². The Kier molecular flexibility index (Phi) is 3.09. The third-order valence-electron chi connectivity index (χ3n) is 2.61. The summed E-state index contributed by atoms with van der Waals surface area (Å²) in [6, 6.07) is 3.64. The minimum Gasteiger partial charge on any atom is -0.423 e. The number of hydrogen-bond donors (Lipinski definition) is 0. The van der Waals surface area contributed by atoms with E-state index in [1.807, 2.05) is 25.1 Å². The second-order valence-electron chi connectivity index (χ2n) is 4.40. The van der Waals surface area contributed by atoms with E-state index in [0.717, 1.165) is 11.1 Å². The molecule has 3 heteroatoms. The molecular weight excluding hydrogens is 214 g/mol. The third-order valence-corrected chi connectivity index (χ3v) is 2.61. The Bertz CT molecular complexity index is 498. The summed E-state index contributed by atoms with van der Waals surface area (Å²) >= 11 is 0. The summed E-state index contributed by atoms with van der Waals surface area (Å²) < 4.78 is 5.28. The quantitative estimate of drug-likeness (QED) is 0.732. The average Bonchev–Trinajstić information content (AvgIpc) is 2.54. The number of rotatable bonds is 2. The van der Waals surface area contributed by atoms with Crippen molar-refractivity contribution < 1.29 is 9.53 Å². The van der Waals surface area contributed by atoms with Crippen LogP contribution >= 0.6 is 0 Å². The van der Waals surface area contributed by atoms with E-state index in [4.69, 9.17) is 4.74 Å². The first kappa shape index (κ1) is 11.6. The molecule has 1 aliphatic heterocycles. The predicted molar refractivity (Wildman–Crippen MR) is 65.8 cm³/mol. The molecule has 1 aromatic heterocycles. The van der Waals surface area contributed by atoms with Crippen molar-refractivity contribution in [3.8, 4) is 0 Å². The molecule has 0 unspecified atom stereocenters. The summed E-state index contributed by atoms with van der Waals surface area (Å²) in [5.74, 6) is 0.752. The van der Waals surface area contributed by atoms with Crippen molar-refractivity contribution in [1.29, 1.82) is 0 Å². The van der Waals surface area contributed by atoms with Gasteiger partial charge in [-0.2, -0.15) is 0 Å². The maximum atomic E-state index is 11.8. The summed E-state index contributed by atoms with van der Waals surface area (Å²) in [6.07, 6.45) is 5.31. The predicted octanol–water partition coefficient (Wildman–Crippen LogP) is 2.95. The first-order valence-corrected chi connectivity index (χ1v) is 5.65. The van der Waals surface area contributed by atoms with E-state index in [0.29, 0.717) is 17.3 Å². The Morgan fingerprint density at radius 2 is 1.94 bits per heavy atom. The van der Waals surface area contributed by atoms with Gasteiger partial charge in [0.2, 0.25) is 0 Å². The first-order chi connectivity index (χ1) is 8.09. The fraction of sp³-hybridized carbons (Fsp3) is 0.286. The smallest absolute Gasteiger partial charge is 0.344 e. The summed E-state index contributed by atoms with van der Waals surface area (Å²) in [5.41, 5.74) is 2.39. The van der Waals surface area contributed by atoms with E-state index in [9.17, 15) is 4.79 Å². The lowest BCUT2D eigenvalue weighted by Crippen LogP contribution is -1.98. The van der Waals surface area contributed by atoms with Crippen LogP contribution in [0, 0.1) is 5.92 Å². The van der Waals surface area contributed by atoms with Gasteiger partial charge in [-0.15, -0.1) is 0 Å². The van der Waals surface area contributed by atoms with Crippen LogP contribution in [0.5, 0.6) is 0 Å². The third kappa shape index (κ3) is 2.28. The molecule has 0 N–H and O–H groups in total. The molecule has 0 spiro atoms. The number of nitrogens with zero attached hydrogens (tertiary/aromatic N) is 1. The van der Waals surface area contributed by atoms with Gasteiger partial charge in [0.15, 0.2) is 0 Å². The molecule has 88 valence electrons. The molecule has 0 aliphatic carbocycles. The summed E-state index contributed by atoms with van der Waals surface area (Å²) in [6.45, 7) is 6.02. The number of cyclic esters (lactones) is 1. The Morgan fingerprint density at radius 1 is 1.29 bits per heavy atom. The highest BCUT2D eigenvalue weighted by Gasteiger charge is 2.27. The maximum absolute atomic E-state index is 11.8. The molecule has 0 amide bonds. The monoisotopic (exact) mass is 229 g/mol. The summed E-state index contributed by atoms with van der Waals surface area (Å²) in [5, 5.41) is 0. The lowest BCUT2D eigenvalue weighted by Gasteiger charge is -2.00. The molecule has 1 aromatic rings. The van der Waals surface area contributed by atoms with Gasteiger partial charge < -0.3 is 4.74 Å². The van der Waals surface area contributed by atoms with E-state index in [-0.39, 0.29) is 5.97 Å². The zero-order valence-corrected chi connectivity index (χ0v) is 10.2.